The van der Waals surface area contributed by atoms with Crippen molar-refractivity contribution in [3.8, 4) is 0 Å². The Morgan fingerprint density at radius 1 is 1.56 bits per heavy atom. The molecule has 0 saturated carbocycles. The third kappa shape index (κ3) is 3.16. The van der Waals surface area contributed by atoms with E-state index in [9.17, 15) is 4.79 Å². The smallest absolute Gasteiger partial charge is 0.303 e. The van der Waals surface area contributed by atoms with Gasteiger partial charge in [-0.25, -0.2) is 9.97 Å². The number of carboxylic acids is 1. The Labute approximate surface area is 109 Å². The molecule has 1 atom stereocenters. The van der Waals surface area contributed by atoms with Crippen LogP contribution in [0, 0.1) is 5.92 Å². The van der Waals surface area contributed by atoms with Crippen molar-refractivity contribution in [1.82, 2.24) is 9.97 Å². The van der Waals surface area contributed by atoms with Crippen LogP contribution in [-0.2, 0) is 4.79 Å². The fourth-order valence-electron chi connectivity index (χ4n) is 1.66. The lowest BCUT2D eigenvalue weighted by Crippen LogP contribution is -2.13. The Balaban J connectivity index is 1.93. The molecule has 0 aliphatic heterocycles. The Hall–Kier alpha value is -1.69. The van der Waals surface area contributed by atoms with Crippen molar-refractivity contribution in [2.75, 3.05) is 11.9 Å². The number of thiophene rings is 1. The number of hydrogen-bond donors (Lipinski definition) is 2. The molecule has 5 nitrogen and oxygen atoms in total. The molecule has 2 heterocycles. The van der Waals surface area contributed by atoms with Gasteiger partial charge in [0.1, 0.15) is 12.1 Å². The predicted molar refractivity (Wildman–Crippen MR) is 71.9 cm³/mol. The number of nitrogens with zero attached hydrogens (tertiary/aromatic N) is 2. The third-order valence-electron chi connectivity index (χ3n) is 2.71. The summed E-state index contributed by atoms with van der Waals surface area (Å²) >= 11 is 1.60. The Morgan fingerprint density at radius 3 is 3.17 bits per heavy atom. The number of anilines is 1. The molecule has 18 heavy (non-hydrogen) atoms. The number of hydrogen-bond acceptors (Lipinski definition) is 5. The van der Waals surface area contributed by atoms with Gasteiger partial charge in [-0.2, -0.15) is 0 Å². The quantitative estimate of drug-likeness (QED) is 0.839. The first-order chi connectivity index (χ1) is 8.66. The first-order valence-electron chi connectivity index (χ1n) is 5.80. The van der Waals surface area contributed by atoms with Gasteiger partial charge in [-0.15, -0.1) is 11.3 Å². The van der Waals surface area contributed by atoms with E-state index in [1.54, 1.807) is 17.7 Å². The minimum atomic E-state index is -0.746. The molecule has 0 fully saturated rings. The second kappa shape index (κ2) is 5.77. The van der Waals surface area contributed by atoms with Crippen LogP contribution in [0.5, 0.6) is 0 Å². The monoisotopic (exact) mass is 265 g/mol. The maximum absolute atomic E-state index is 10.5. The zero-order valence-electron chi connectivity index (χ0n) is 10.1. The van der Waals surface area contributed by atoms with Crippen LogP contribution in [0.3, 0.4) is 0 Å². The van der Waals surface area contributed by atoms with E-state index in [2.05, 4.69) is 15.3 Å². The number of carboxylic acid groups (broad SMARTS) is 1. The number of rotatable bonds is 6. The van der Waals surface area contributed by atoms with Gasteiger partial charge in [0, 0.05) is 13.0 Å². The summed E-state index contributed by atoms with van der Waals surface area (Å²) in [5, 5.41) is 13.9. The molecule has 0 saturated heterocycles. The molecule has 2 N–H and O–H groups in total. The molecule has 96 valence electrons. The highest BCUT2D eigenvalue weighted by atomic mass is 32.1. The number of nitrogens with one attached hydrogen (secondary N) is 1. The van der Waals surface area contributed by atoms with Crippen molar-refractivity contribution in [3.63, 3.8) is 0 Å². The summed E-state index contributed by atoms with van der Waals surface area (Å²) in [5.41, 5.74) is 0.940. The van der Waals surface area contributed by atoms with Crippen molar-refractivity contribution >= 4 is 33.3 Å². The van der Waals surface area contributed by atoms with E-state index < -0.39 is 5.97 Å². The molecule has 0 radical (unpaired) electrons. The van der Waals surface area contributed by atoms with Gasteiger partial charge >= 0.3 is 5.97 Å². The zero-order valence-corrected chi connectivity index (χ0v) is 10.9. The van der Waals surface area contributed by atoms with Gasteiger partial charge in [0.2, 0.25) is 0 Å². The van der Waals surface area contributed by atoms with Gasteiger partial charge in [-0.1, -0.05) is 6.92 Å². The van der Waals surface area contributed by atoms with E-state index in [-0.39, 0.29) is 6.42 Å². The van der Waals surface area contributed by atoms with Gasteiger partial charge in [0.25, 0.3) is 0 Å². The molecule has 0 aromatic carbocycles. The van der Waals surface area contributed by atoms with E-state index >= 15 is 0 Å². The van der Waals surface area contributed by atoms with Gasteiger partial charge in [-0.05, 0) is 23.8 Å². The predicted octanol–water partition coefficient (Wildman–Crippen LogP) is 2.60. The van der Waals surface area contributed by atoms with Crippen LogP contribution in [0.15, 0.2) is 17.8 Å². The Morgan fingerprint density at radius 2 is 2.39 bits per heavy atom. The maximum atomic E-state index is 10.5. The normalized spacial score (nSPS) is 12.5. The Bertz CT molecular complexity index is 541. The maximum Gasteiger partial charge on any atom is 0.303 e. The van der Waals surface area contributed by atoms with Crippen molar-refractivity contribution in [2.45, 2.75) is 19.8 Å². The molecule has 0 aliphatic carbocycles. The van der Waals surface area contributed by atoms with Gasteiger partial charge in [0.05, 0.1) is 10.2 Å². The topological polar surface area (TPSA) is 75.1 Å². The van der Waals surface area contributed by atoms with Gasteiger partial charge < -0.3 is 10.4 Å². The number of fused-ring (bicyclic) bond motifs is 1. The summed E-state index contributed by atoms with van der Waals surface area (Å²) < 4.78 is 1.04. The fourth-order valence-corrected chi connectivity index (χ4v) is 2.47. The highest BCUT2D eigenvalue weighted by Crippen LogP contribution is 2.25. The highest BCUT2D eigenvalue weighted by Gasteiger charge is 2.08. The number of aliphatic carboxylic acids is 1. The van der Waals surface area contributed by atoms with Gasteiger partial charge in [-0.3, -0.25) is 4.79 Å². The first-order valence-corrected chi connectivity index (χ1v) is 6.68. The minimum absolute atomic E-state index is 0.209. The van der Waals surface area contributed by atoms with Crippen LogP contribution in [0.25, 0.3) is 10.2 Å². The molecule has 0 spiro atoms. The van der Waals surface area contributed by atoms with Gasteiger partial charge in [0.15, 0.2) is 0 Å². The minimum Gasteiger partial charge on any atom is -0.481 e. The van der Waals surface area contributed by atoms with Crippen LogP contribution in [0.1, 0.15) is 19.8 Å². The third-order valence-corrected chi connectivity index (χ3v) is 3.62. The lowest BCUT2D eigenvalue weighted by Gasteiger charge is -2.12. The van der Waals surface area contributed by atoms with E-state index in [1.807, 2.05) is 18.4 Å². The molecule has 0 amide bonds. The van der Waals surface area contributed by atoms with Crippen LogP contribution < -0.4 is 5.32 Å². The van der Waals surface area contributed by atoms with E-state index in [0.717, 1.165) is 22.6 Å². The van der Waals surface area contributed by atoms with E-state index in [4.69, 9.17) is 5.11 Å². The molecular weight excluding hydrogens is 250 g/mol. The summed E-state index contributed by atoms with van der Waals surface area (Å²) in [6.45, 7) is 2.75. The molecular formula is C12H15N3O2S. The standard InChI is InChI=1S/C12H15N3O2S/c1-8(2-3-10(16)17)6-13-12-11-9(4-5-18-11)14-7-15-12/h4-5,7-8H,2-3,6H2,1H3,(H,16,17)(H,13,14,15). The molecule has 1 unspecified atom stereocenters. The highest BCUT2D eigenvalue weighted by molar-refractivity contribution is 7.17. The summed E-state index contributed by atoms with van der Waals surface area (Å²) in [5.74, 6) is 0.382. The van der Waals surface area contributed by atoms with Crippen LogP contribution in [-0.4, -0.2) is 27.6 Å². The molecule has 0 bridgehead atoms. The molecule has 0 aliphatic rings. The lowest BCUT2D eigenvalue weighted by molar-refractivity contribution is -0.137. The van der Waals surface area contributed by atoms with Crippen molar-refractivity contribution in [2.24, 2.45) is 5.92 Å². The van der Waals surface area contributed by atoms with E-state index in [0.29, 0.717) is 12.3 Å². The molecule has 2 aromatic heterocycles. The van der Waals surface area contributed by atoms with Crippen molar-refractivity contribution < 1.29 is 9.90 Å². The average Bonchev–Trinajstić information content (AvgIpc) is 2.82. The van der Waals surface area contributed by atoms with Crippen LogP contribution in [0.2, 0.25) is 0 Å². The lowest BCUT2D eigenvalue weighted by atomic mass is 10.1. The van der Waals surface area contributed by atoms with Crippen molar-refractivity contribution in [1.29, 1.82) is 0 Å². The summed E-state index contributed by atoms with van der Waals surface area (Å²) in [7, 11) is 0. The summed E-state index contributed by atoms with van der Waals surface area (Å²) in [6.07, 6.45) is 2.42. The average molecular weight is 265 g/mol. The largest absolute Gasteiger partial charge is 0.481 e. The van der Waals surface area contributed by atoms with Crippen LogP contribution in [0.4, 0.5) is 5.82 Å². The zero-order chi connectivity index (χ0) is 13.0. The SMILES string of the molecule is CC(CCC(=O)O)CNc1ncnc2ccsc12. The van der Waals surface area contributed by atoms with Crippen molar-refractivity contribution in [3.05, 3.63) is 17.8 Å². The van der Waals surface area contributed by atoms with Crippen LogP contribution >= 0.6 is 11.3 Å². The second-order valence-corrected chi connectivity index (χ2v) is 5.19. The summed E-state index contributed by atoms with van der Waals surface area (Å²) in [6, 6.07) is 1.96. The molecule has 6 heteroatoms. The number of aromatic nitrogens is 2. The second-order valence-electron chi connectivity index (χ2n) is 4.28. The van der Waals surface area contributed by atoms with E-state index in [1.165, 1.54) is 0 Å². The summed E-state index contributed by atoms with van der Waals surface area (Å²) in [4.78, 5) is 18.9. The first kappa shape index (κ1) is 12.8. The number of carbonyl (C=O) groups is 1. The molecule has 2 rings (SSSR count). The molecule has 2 aromatic rings. The fraction of sp³-hybridized carbons (Fsp3) is 0.417. The Kier molecular flexibility index (Phi) is 4.09.